The zero-order chi connectivity index (χ0) is 18.5. The molecule has 2 amide bonds. The lowest BCUT2D eigenvalue weighted by atomic mass is 9.78. The second-order valence-electron chi connectivity index (χ2n) is 7.40. The van der Waals surface area contributed by atoms with Crippen molar-refractivity contribution in [2.24, 2.45) is 12.5 Å². The van der Waals surface area contributed by atoms with Crippen LogP contribution in [0.15, 0.2) is 29.1 Å². The number of benzene rings is 1. The molecule has 3 heterocycles. The van der Waals surface area contributed by atoms with Gasteiger partial charge in [-0.2, -0.15) is 0 Å². The summed E-state index contributed by atoms with van der Waals surface area (Å²) in [6.07, 6.45) is 2.39. The molecule has 0 radical (unpaired) electrons. The minimum absolute atomic E-state index is 0.0696. The Labute approximate surface area is 151 Å². The van der Waals surface area contributed by atoms with Gasteiger partial charge in [0.15, 0.2) is 5.69 Å². The van der Waals surface area contributed by atoms with Gasteiger partial charge in [-0.1, -0.05) is 12.1 Å². The minimum Gasteiger partial charge on any atom is -0.345 e. The fraction of sp³-hybridized carbons (Fsp3) is 0.474. The van der Waals surface area contributed by atoms with E-state index in [4.69, 9.17) is 0 Å². The molecule has 1 aromatic heterocycles. The maximum absolute atomic E-state index is 13.0. The molecule has 7 heteroatoms. The summed E-state index contributed by atoms with van der Waals surface area (Å²) in [6.45, 7) is 1.62. The molecule has 2 aromatic rings. The first-order valence-electron chi connectivity index (χ1n) is 8.94. The van der Waals surface area contributed by atoms with Crippen molar-refractivity contribution in [2.45, 2.75) is 19.3 Å². The van der Waals surface area contributed by atoms with Crippen molar-refractivity contribution in [1.29, 1.82) is 0 Å². The summed E-state index contributed by atoms with van der Waals surface area (Å²) in [6, 6.07) is 7.26. The van der Waals surface area contributed by atoms with Gasteiger partial charge >= 0.3 is 0 Å². The molecule has 26 heavy (non-hydrogen) atoms. The predicted octanol–water partition coefficient (Wildman–Crippen LogP) is 1.02. The topological polar surface area (TPSA) is 75.5 Å². The number of carbonyl (C=O) groups excluding carboxylic acids is 2. The molecule has 2 saturated heterocycles. The van der Waals surface area contributed by atoms with E-state index in [9.17, 15) is 14.4 Å². The van der Waals surface area contributed by atoms with Crippen LogP contribution < -0.4 is 5.56 Å². The molecule has 0 saturated carbocycles. The summed E-state index contributed by atoms with van der Waals surface area (Å²) in [7, 11) is 3.46. The summed E-state index contributed by atoms with van der Waals surface area (Å²) in [5.74, 6) is -0.271. The van der Waals surface area contributed by atoms with Crippen molar-refractivity contribution in [3.63, 3.8) is 0 Å². The molecule has 0 aliphatic carbocycles. The molecule has 1 aromatic carbocycles. The van der Waals surface area contributed by atoms with Gasteiger partial charge in [0.05, 0.1) is 16.4 Å². The van der Waals surface area contributed by atoms with E-state index in [2.05, 4.69) is 4.98 Å². The van der Waals surface area contributed by atoms with Gasteiger partial charge < -0.3 is 14.4 Å². The predicted molar refractivity (Wildman–Crippen MR) is 96.8 cm³/mol. The van der Waals surface area contributed by atoms with Crippen LogP contribution in [0.25, 0.3) is 11.0 Å². The Balaban J connectivity index is 1.67. The Kier molecular flexibility index (Phi) is 3.82. The molecule has 2 aliphatic rings. The van der Waals surface area contributed by atoms with E-state index in [1.807, 2.05) is 19.2 Å². The van der Waals surface area contributed by atoms with Crippen LogP contribution in [0.3, 0.4) is 0 Å². The van der Waals surface area contributed by atoms with Crippen LogP contribution in [-0.2, 0) is 11.8 Å². The standard InChI is InChI=1S/C19H22N4O3/c1-21-10-5-8-19(18(21)26)9-11-23(12-19)17(25)15-16(24)22(2)14-7-4-3-6-13(14)20-15/h3-4,6-7H,5,8-12H2,1-2H3. The van der Waals surface area contributed by atoms with E-state index >= 15 is 0 Å². The number of amides is 2. The number of aryl methyl sites for hydroxylation is 1. The van der Waals surface area contributed by atoms with Gasteiger partial charge in [0.2, 0.25) is 5.91 Å². The summed E-state index contributed by atoms with van der Waals surface area (Å²) in [5.41, 5.74) is 0.336. The molecule has 0 bridgehead atoms. The smallest absolute Gasteiger partial charge is 0.282 e. The van der Waals surface area contributed by atoms with Gasteiger partial charge in [0.1, 0.15) is 0 Å². The van der Waals surface area contributed by atoms with Crippen molar-refractivity contribution >= 4 is 22.8 Å². The van der Waals surface area contributed by atoms with E-state index in [0.29, 0.717) is 30.5 Å². The van der Waals surface area contributed by atoms with E-state index < -0.39 is 11.0 Å². The van der Waals surface area contributed by atoms with Crippen molar-refractivity contribution in [3.05, 3.63) is 40.3 Å². The number of likely N-dealkylation sites (tertiary alicyclic amines) is 2. The molecule has 2 fully saturated rings. The SMILES string of the molecule is CN1CCCC2(CCN(C(=O)c3nc4ccccc4n(C)c3=O)C2)C1=O. The molecular weight excluding hydrogens is 332 g/mol. The summed E-state index contributed by atoms with van der Waals surface area (Å²) >= 11 is 0. The first-order valence-corrected chi connectivity index (χ1v) is 8.94. The fourth-order valence-electron chi connectivity index (χ4n) is 4.26. The quantitative estimate of drug-likeness (QED) is 0.766. The lowest BCUT2D eigenvalue weighted by Crippen LogP contribution is -2.49. The second kappa shape index (κ2) is 5.93. The van der Waals surface area contributed by atoms with Gasteiger partial charge in [-0.05, 0) is 31.4 Å². The van der Waals surface area contributed by atoms with E-state index in [-0.39, 0.29) is 17.5 Å². The molecule has 2 aliphatic heterocycles. The number of fused-ring (bicyclic) bond motifs is 1. The highest BCUT2D eigenvalue weighted by molar-refractivity contribution is 5.95. The number of hydrogen-bond acceptors (Lipinski definition) is 4. The first kappa shape index (κ1) is 16.8. The highest BCUT2D eigenvalue weighted by Crippen LogP contribution is 2.39. The van der Waals surface area contributed by atoms with Crippen LogP contribution in [-0.4, -0.2) is 57.8 Å². The average molecular weight is 354 g/mol. The molecule has 1 atom stereocenters. The Morgan fingerprint density at radius 1 is 1.12 bits per heavy atom. The van der Waals surface area contributed by atoms with Gasteiger partial charge in [0, 0.05) is 33.7 Å². The highest BCUT2D eigenvalue weighted by Gasteiger charge is 2.49. The summed E-state index contributed by atoms with van der Waals surface area (Å²) in [4.78, 5) is 46.0. The lowest BCUT2D eigenvalue weighted by molar-refractivity contribution is -0.143. The summed E-state index contributed by atoms with van der Waals surface area (Å²) in [5, 5.41) is 0. The molecule has 1 spiro atoms. The maximum Gasteiger partial charge on any atom is 0.282 e. The van der Waals surface area contributed by atoms with Crippen LogP contribution in [0.4, 0.5) is 0 Å². The molecular formula is C19H22N4O3. The molecule has 136 valence electrons. The lowest BCUT2D eigenvalue weighted by Gasteiger charge is -2.37. The highest BCUT2D eigenvalue weighted by atomic mass is 16.2. The van der Waals surface area contributed by atoms with Crippen LogP contribution in [0.1, 0.15) is 29.8 Å². The largest absolute Gasteiger partial charge is 0.345 e. The zero-order valence-corrected chi connectivity index (χ0v) is 15.1. The van der Waals surface area contributed by atoms with E-state index in [1.54, 1.807) is 29.0 Å². The molecule has 4 rings (SSSR count). The van der Waals surface area contributed by atoms with Crippen molar-refractivity contribution in [3.8, 4) is 0 Å². The number of piperidine rings is 1. The normalized spacial score (nSPS) is 23.2. The van der Waals surface area contributed by atoms with E-state index in [1.165, 1.54) is 4.57 Å². The maximum atomic E-state index is 13.0. The van der Waals surface area contributed by atoms with Crippen molar-refractivity contribution in [2.75, 3.05) is 26.7 Å². The van der Waals surface area contributed by atoms with Crippen LogP contribution in [0.2, 0.25) is 0 Å². The second-order valence-corrected chi connectivity index (χ2v) is 7.40. The third kappa shape index (κ3) is 2.41. The number of rotatable bonds is 1. The van der Waals surface area contributed by atoms with Crippen molar-refractivity contribution in [1.82, 2.24) is 19.4 Å². The Morgan fingerprint density at radius 2 is 1.88 bits per heavy atom. The number of hydrogen-bond donors (Lipinski definition) is 0. The van der Waals surface area contributed by atoms with Gasteiger partial charge in [-0.3, -0.25) is 14.4 Å². The van der Waals surface area contributed by atoms with Gasteiger partial charge in [-0.25, -0.2) is 4.98 Å². The number of para-hydroxylation sites is 2. The minimum atomic E-state index is -0.495. The fourth-order valence-corrected chi connectivity index (χ4v) is 4.26. The average Bonchev–Trinajstić information content (AvgIpc) is 3.07. The van der Waals surface area contributed by atoms with E-state index in [0.717, 1.165) is 19.4 Å². The first-order chi connectivity index (χ1) is 12.4. The third-order valence-corrected chi connectivity index (χ3v) is 5.78. The number of aromatic nitrogens is 2. The van der Waals surface area contributed by atoms with Crippen LogP contribution in [0.5, 0.6) is 0 Å². The number of carbonyl (C=O) groups is 2. The Bertz CT molecular complexity index is 967. The Hall–Kier alpha value is -2.70. The zero-order valence-electron chi connectivity index (χ0n) is 15.1. The van der Waals surface area contributed by atoms with Crippen molar-refractivity contribution < 1.29 is 9.59 Å². The van der Waals surface area contributed by atoms with Gasteiger partial charge in [0.25, 0.3) is 11.5 Å². The Morgan fingerprint density at radius 3 is 2.69 bits per heavy atom. The summed E-state index contributed by atoms with van der Waals surface area (Å²) < 4.78 is 1.46. The monoisotopic (exact) mass is 354 g/mol. The third-order valence-electron chi connectivity index (χ3n) is 5.78. The molecule has 7 nitrogen and oxygen atoms in total. The molecule has 0 N–H and O–H groups in total. The van der Waals surface area contributed by atoms with Crippen LogP contribution in [0, 0.1) is 5.41 Å². The van der Waals surface area contributed by atoms with Gasteiger partial charge in [-0.15, -0.1) is 0 Å². The van der Waals surface area contributed by atoms with Crippen LogP contribution >= 0.6 is 0 Å². The number of nitrogens with zero attached hydrogens (tertiary/aromatic N) is 4. The molecule has 1 unspecified atom stereocenters.